The van der Waals surface area contributed by atoms with Crippen LogP contribution in [0.1, 0.15) is 28.9 Å². The smallest absolute Gasteiger partial charge is 0.433 e. The lowest BCUT2D eigenvalue weighted by Gasteiger charge is -2.16. The lowest BCUT2D eigenvalue weighted by Crippen LogP contribution is -2.27. The third-order valence-corrected chi connectivity index (χ3v) is 3.34. The summed E-state index contributed by atoms with van der Waals surface area (Å²) in [7, 11) is 0. The Bertz CT molecular complexity index is 514. The molecule has 1 aliphatic rings. The van der Waals surface area contributed by atoms with Crippen LogP contribution in [0, 0.1) is 0 Å². The first kappa shape index (κ1) is 15.6. The zero-order chi connectivity index (χ0) is 15.5. The van der Waals surface area contributed by atoms with Crippen molar-refractivity contribution in [3.05, 3.63) is 23.4 Å². The molecule has 0 saturated carbocycles. The summed E-state index contributed by atoms with van der Waals surface area (Å²) in [5.74, 6) is -1.54. The van der Waals surface area contributed by atoms with Crippen molar-refractivity contribution >= 4 is 11.8 Å². The lowest BCUT2D eigenvalue weighted by molar-refractivity contribution is -0.141. The highest BCUT2D eigenvalue weighted by atomic mass is 19.4. The summed E-state index contributed by atoms with van der Waals surface area (Å²) in [5, 5.41) is 11.7. The quantitative estimate of drug-likeness (QED) is 0.874. The van der Waals surface area contributed by atoms with E-state index in [0.717, 1.165) is 32.0 Å². The molecule has 2 heterocycles. The number of alkyl halides is 3. The van der Waals surface area contributed by atoms with E-state index in [9.17, 15) is 18.0 Å². The van der Waals surface area contributed by atoms with Crippen molar-refractivity contribution < 1.29 is 23.1 Å². The molecule has 116 valence electrons. The van der Waals surface area contributed by atoms with Crippen molar-refractivity contribution in [1.82, 2.24) is 9.88 Å². The first-order valence-corrected chi connectivity index (χ1v) is 6.65. The number of likely N-dealkylation sites (tertiary alicyclic amines) is 1. The van der Waals surface area contributed by atoms with E-state index in [1.54, 1.807) is 0 Å². The maximum absolute atomic E-state index is 12.6. The molecule has 1 aromatic heterocycles. The molecule has 0 bridgehead atoms. The minimum atomic E-state index is -4.59. The highest BCUT2D eigenvalue weighted by Gasteiger charge is 2.33. The number of nitrogens with one attached hydrogen (secondary N) is 1. The third-order valence-electron chi connectivity index (χ3n) is 3.34. The molecule has 1 aromatic rings. The minimum absolute atomic E-state index is 0.239. The van der Waals surface area contributed by atoms with Gasteiger partial charge in [-0.25, -0.2) is 9.78 Å². The van der Waals surface area contributed by atoms with Gasteiger partial charge in [-0.2, -0.15) is 13.2 Å². The molecule has 0 amide bonds. The SMILES string of the molecule is O=C(O)c1ccc(C(F)(F)F)nc1NCCN1CCCC1. The Balaban J connectivity index is 2.08. The van der Waals surface area contributed by atoms with Crippen molar-refractivity contribution in [2.45, 2.75) is 19.0 Å². The number of hydrogen-bond donors (Lipinski definition) is 2. The molecule has 1 fully saturated rings. The van der Waals surface area contributed by atoms with Gasteiger partial charge in [0.05, 0.1) is 0 Å². The fraction of sp³-hybridized carbons (Fsp3) is 0.538. The second-order valence-corrected chi connectivity index (χ2v) is 4.87. The largest absolute Gasteiger partial charge is 0.478 e. The average Bonchev–Trinajstić information content (AvgIpc) is 2.90. The van der Waals surface area contributed by atoms with Crippen LogP contribution in [-0.4, -0.2) is 47.1 Å². The van der Waals surface area contributed by atoms with Gasteiger partial charge in [0.25, 0.3) is 0 Å². The maximum Gasteiger partial charge on any atom is 0.433 e. The molecule has 0 aliphatic carbocycles. The highest BCUT2D eigenvalue weighted by molar-refractivity contribution is 5.93. The van der Waals surface area contributed by atoms with Crippen LogP contribution in [0.4, 0.5) is 19.0 Å². The van der Waals surface area contributed by atoms with Crippen molar-refractivity contribution in [2.75, 3.05) is 31.5 Å². The minimum Gasteiger partial charge on any atom is -0.478 e. The van der Waals surface area contributed by atoms with Gasteiger partial charge in [0, 0.05) is 13.1 Å². The van der Waals surface area contributed by atoms with Crippen LogP contribution < -0.4 is 5.32 Å². The summed E-state index contributed by atoms with van der Waals surface area (Å²) in [6.07, 6.45) is -2.37. The van der Waals surface area contributed by atoms with E-state index in [-0.39, 0.29) is 11.4 Å². The fourth-order valence-corrected chi connectivity index (χ4v) is 2.26. The second-order valence-electron chi connectivity index (χ2n) is 4.87. The molecule has 8 heteroatoms. The zero-order valence-electron chi connectivity index (χ0n) is 11.3. The Labute approximate surface area is 119 Å². The predicted octanol–water partition coefficient (Wildman–Crippen LogP) is 2.31. The molecule has 1 aliphatic heterocycles. The summed E-state index contributed by atoms with van der Waals surface area (Å²) in [6.45, 7) is 2.93. The summed E-state index contributed by atoms with van der Waals surface area (Å²) in [4.78, 5) is 16.6. The Morgan fingerprint density at radius 2 is 2.00 bits per heavy atom. The zero-order valence-corrected chi connectivity index (χ0v) is 11.3. The number of carboxylic acid groups (broad SMARTS) is 1. The predicted molar refractivity (Wildman–Crippen MR) is 70.4 cm³/mol. The summed E-state index contributed by atoms with van der Waals surface area (Å²) in [6, 6.07) is 1.60. The molecule has 0 spiro atoms. The van der Waals surface area contributed by atoms with Gasteiger partial charge in [-0.05, 0) is 38.1 Å². The Kier molecular flexibility index (Phi) is 4.66. The number of halogens is 3. The number of rotatable bonds is 5. The van der Waals surface area contributed by atoms with Crippen LogP contribution >= 0.6 is 0 Å². The summed E-state index contributed by atoms with van der Waals surface area (Å²) < 4.78 is 37.9. The number of nitrogens with zero attached hydrogens (tertiary/aromatic N) is 2. The van der Waals surface area contributed by atoms with E-state index in [2.05, 4.69) is 15.2 Å². The van der Waals surface area contributed by atoms with Crippen LogP contribution in [0.25, 0.3) is 0 Å². The number of hydrogen-bond acceptors (Lipinski definition) is 4. The standard InChI is InChI=1S/C13H16F3N3O2/c14-13(15,16)10-4-3-9(12(20)21)11(18-10)17-5-8-19-6-1-2-7-19/h3-4H,1-2,5-8H2,(H,17,18)(H,20,21). The molecule has 2 rings (SSSR count). The van der Waals surface area contributed by atoms with Crippen molar-refractivity contribution in [3.8, 4) is 0 Å². The van der Waals surface area contributed by atoms with Crippen molar-refractivity contribution in [3.63, 3.8) is 0 Å². The van der Waals surface area contributed by atoms with Gasteiger partial charge < -0.3 is 15.3 Å². The van der Waals surface area contributed by atoms with Gasteiger partial charge in [0.1, 0.15) is 17.1 Å². The van der Waals surface area contributed by atoms with E-state index in [1.807, 2.05) is 0 Å². The van der Waals surface area contributed by atoms with Gasteiger partial charge in [-0.1, -0.05) is 0 Å². The second kappa shape index (κ2) is 6.30. The number of pyridine rings is 1. The Morgan fingerprint density at radius 3 is 2.57 bits per heavy atom. The van der Waals surface area contributed by atoms with Crippen LogP contribution in [0.3, 0.4) is 0 Å². The Hall–Kier alpha value is -1.83. The molecule has 0 aromatic carbocycles. The van der Waals surface area contributed by atoms with E-state index < -0.39 is 17.8 Å². The fourth-order valence-electron chi connectivity index (χ4n) is 2.26. The number of anilines is 1. The first-order valence-electron chi connectivity index (χ1n) is 6.65. The molecular formula is C13H16F3N3O2. The van der Waals surface area contributed by atoms with Crippen LogP contribution in [0.5, 0.6) is 0 Å². The maximum atomic E-state index is 12.6. The number of carboxylic acids is 1. The lowest BCUT2D eigenvalue weighted by atomic mass is 10.2. The molecule has 21 heavy (non-hydrogen) atoms. The molecular weight excluding hydrogens is 287 g/mol. The monoisotopic (exact) mass is 303 g/mol. The number of aromatic nitrogens is 1. The van der Waals surface area contributed by atoms with E-state index in [0.29, 0.717) is 19.2 Å². The molecule has 0 atom stereocenters. The van der Waals surface area contributed by atoms with Gasteiger partial charge in [-0.3, -0.25) is 0 Å². The molecule has 1 saturated heterocycles. The normalized spacial score (nSPS) is 16.1. The van der Waals surface area contributed by atoms with E-state index in [4.69, 9.17) is 5.11 Å². The third kappa shape index (κ3) is 4.07. The first-order chi connectivity index (χ1) is 9.88. The van der Waals surface area contributed by atoms with Crippen LogP contribution in [0.2, 0.25) is 0 Å². The van der Waals surface area contributed by atoms with Gasteiger partial charge >= 0.3 is 12.1 Å². The number of aromatic carboxylic acids is 1. The molecule has 5 nitrogen and oxygen atoms in total. The van der Waals surface area contributed by atoms with Crippen molar-refractivity contribution in [2.24, 2.45) is 0 Å². The average molecular weight is 303 g/mol. The van der Waals surface area contributed by atoms with E-state index >= 15 is 0 Å². The number of carbonyl (C=O) groups is 1. The molecule has 2 N–H and O–H groups in total. The van der Waals surface area contributed by atoms with Gasteiger partial charge in [0.2, 0.25) is 0 Å². The van der Waals surface area contributed by atoms with Gasteiger partial charge in [-0.15, -0.1) is 0 Å². The molecule has 0 radical (unpaired) electrons. The van der Waals surface area contributed by atoms with Crippen LogP contribution in [0.15, 0.2) is 12.1 Å². The molecule has 0 unspecified atom stereocenters. The van der Waals surface area contributed by atoms with Gasteiger partial charge in [0.15, 0.2) is 0 Å². The summed E-state index contributed by atoms with van der Waals surface area (Å²) in [5.41, 5.74) is -1.36. The highest BCUT2D eigenvalue weighted by Crippen LogP contribution is 2.29. The topological polar surface area (TPSA) is 65.5 Å². The van der Waals surface area contributed by atoms with Crippen LogP contribution in [-0.2, 0) is 6.18 Å². The van der Waals surface area contributed by atoms with E-state index in [1.165, 1.54) is 0 Å². The Morgan fingerprint density at radius 1 is 1.33 bits per heavy atom. The van der Waals surface area contributed by atoms with Crippen molar-refractivity contribution in [1.29, 1.82) is 0 Å². The summed E-state index contributed by atoms with van der Waals surface area (Å²) >= 11 is 0.